The molecule has 0 bridgehead atoms. The number of nitrogens with zero attached hydrogens (tertiary/aromatic N) is 2. The molecule has 0 fully saturated rings. The molecule has 0 radical (unpaired) electrons. The molecule has 0 spiro atoms. The van der Waals surface area contributed by atoms with Crippen molar-refractivity contribution < 1.29 is 14.4 Å². The van der Waals surface area contributed by atoms with Crippen LogP contribution in [0.2, 0.25) is 0 Å². The molecule has 2 heterocycles. The van der Waals surface area contributed by atoms with Gasteiger partial charge in [-0.25, -0.2) is 4.98 Å². The molecule has 3 amide bonds. The molecule has 0 unspecified atom stereocenters. The van der Waals surface area contributed by atoms with Crippen molar-refractivity contribution in [3.63, 3.8) is 0 Å². The largest absolute Gasteiger partial charge is 0.336 e. The highest BCUT2D eigenvalue weighted by molar-refractivity contribution is 7.14. The zero-order valence-corrected chi connectivity index (χ0v) is 29.8. The van der Waals surface area contributed by atoms with Crippen LogP contribution in [0.3, 0.4) is 0 Å². The van der Waals surface area contributed by atoms with E-state index in [1.807, 2.05) is 70.9 Å². The molecule has 8 heteroatoms. The molecule has 0 saturated heterocycles. The van der Waals surface area contributed by atoms with Crippen LogP contribution in [0.15, 0.2) is 132 Å². The predicted molar refractivity (Wildman–Crippen MR) is 205 cm³/mol. The first-order valence-corrected chi connectivity index (χ1v) is 18.1. The van der Waals surface area contributed by atoms with Crippen molar-refractivity contribution in [1.82, 2.24) is 15.2 Å². The molecule has 256 valence electrons. The molecule has 1 atom stereocenters. The molecule has 7 nitrogen and oxygen atoms in total. The fourth-order valence-corrected chi connectivity index (χ4v) is 7.33. The summed E-state index contributed by atoms with van der Waals surface area (Å²) in [6, 6.07) is 31.6. The summed E-state index contributed by atoms with van der Waals surface area (Å²) in [5.41, 5.74) is 8.63. The Balaban J connectivity index is 1.06. The van der Waals surface area contributed by atoms with Gasteiger partial charge in [-0.05, 0) is 69.9 Å². The number of amides is 3. The molecular weight excluding hydrogens is 653 g/mol. The van der Waals surface area contributed by atoms with E-state index in [4.69, 9.17) is 4.98 Å². The highest BCUT2D eigenvalue weighted by Crippen LogP contribution is 2.32. The summed E-state index contributed by atoms with van der Waals surface area (Å²) in [4.78, 5) is 47.7. The van der Waals surface area contributed by atoms with Gasteiger partial charge >= 0.3 is 0 Å². The van der Waals surface area contributed by atoms with Crippen LogP contribution in [-0.2, 0) is 10.2 Å². The standard InChI is InChI=1S/C43H40N4O3S/c1-43(2,3)34-22-20-28(21-23-34)35-18-9-10-19-36(35)40(49)46-42-44-37(27-51-42)30-16-11-17-31(24-30)39(48)45-38(29-12-5-4-6-13-29)41(50)47-25-32-14-7-8-15-33(32)26-47/h4-7,9-14,16-24,27,38H,8,15,25-26H2,1-3H3,(H,45,48)(H,44,46,49)/t38-/m0/s1. The second-order valence-corrected chi connectivity index (χ2v) is 14.9. The number of nitrogens with one attached hydrogen (secondary N) is 2. The van der Waals surface area contributed by atoms with Crippen LogP contribution in [0, 0.1) is 0 Å². The molecule has 1 aliphatic carbocycles. The average Bonchev–Trinajstić information content (AvgIpc) is 3.81. The lowest BCUT2D eigenvalue weighted by Gasteiger charge is -2.25. The van der Waals surface area contributed by atoms with E-state index in [2.05, 4.69) is 67.8 Å². The minimum absolute atomic E-state index is 0.0356. The van der Waals surface area contributed by atoms with Crippen molar-refractivity contribution >= 4 is 34.2 Å². The third-order valence-electron chi connectivity index (χ3n) is 9.47. The van der Waals surface area contributed by atoms with E-state index in [1.165, 1.54) is 28.0 Å². The highest BCUT2D eigenvalue weighted by atomic mass is 32.1. The van der Waals surface area contributed by atoms with Crippen molar-refractivity contribution in [2.75, 3.05) is 18.4 Å². The van der Waals surface area contributed by atoms with Gasteiger partial charge in [0.25, 0.3) is 11.8 Å². The van der Waals surface area contributed by atoms with E-state index in [0.29, 0.717) is 35.0 Å². The van der Waals surface area contributed by atoms with Gasteiger partial charge in [0.2, 0.25) is 5.91 Å². The van der Waals surface area contributed by atoms with Crippen molar-refractivity contribution in [1.29, 1.82) is 0 Å². The number of hydrogen-bond acceptors (Lipinski definition) is 5. The molecule has 1 aliphatic heterocycles. The van der Waals surface area contributed by atoms with Crippen molar-refractivity contribution in [2.24, 2.45) is 0 Å². The van der Waals surface area contributed by atoms with Crippen molar-refractivity contribution in [3.05, 3.63) is 154 Å². The van der Waals surface area contributed by atoms with Crippen LogP contribution in [0.5, 0.6) is 0 Å². The second-order valence-electron chi connectivity index (χ2n) is 14.0. The Morgan fingerprint density at radius 2 is 1.59 bits per heavy atom. The molecule has 7 rings (SSSR count). The number of aromatic nitrogens is 1. The van der Waals surface area contributed by atoms with Crippen LogP contribution < -0.4 is 10.6 Å². The number of anilines is 1. The maximum absolute atomic E-state index is 13.9. The first kappa shape index (κ1) is 33.9. The Kier molecular flexibility index (Phi) is 9.52. The normalized spacial score (nSPS) is 14.6. The lowest BCUT2D eigenvalue weighted by atomic mass is 9.86. The number of benzene rings is 4. The third-order valence-corrected chi connectivity index (χ3v) is 10.2. The minimum Gasteiger partial charge on any atom is -0.336 e. The van der Waals surface area contributed by atoms with Crippen LogP contribution in [0.4, 0.5) is 5.13 Å². The fraction of sp³-hybridized carbons (Fsp3) is 0.209. The summed E-state index contributed by atoms with van der Waals surface area (Å²) in [6.45, 7) is 7.68. The Morgan fingerprint density at radius 3 is 2.35 bits per heavy atom. The van der Waals surface area contributed by atoms with E-state index in [9.17, 15) is 14.4 Å². The van der Waals surface area contributed by atoms with Gasteiger partial charge in [0.1, 0.15) is 6.04 Å². The molecular formula is C43H40N4O3S. The van der Waals surface area contributed by atoms with Gasteiger partial charge in [-0.1, -0.05) is 118 Å². The first-order valence-electron chi connectivity index (χ1n) is 17.2. The van der Waals surface area contributed by atoms with Crippen molar-refractivity contribution in [2.45, 2.75) is 45.1 Å². The van der Waals surface area contributed by atoms with Crippen LogP contribution in [0.1, 0.15) is 71.5 Å². The zero-order chi connectivity index (χ0) is 35.5. The smallest absolute Gasteiger partial charge is 0.258 e. The van der Waals surface area contributed by atoms with Gasteiger partial charge < -0.3 is 10.2 Å². The molecule has 5 aromatic rings. The molecule has 2 N–H and O–H groups in total. The van der Waals surface area contributed by atoms with E-state index in [-0.39, 0.29) is 23.1 Å². The monoisotopic (exact) mass is 692 g/mol. The highest BCUT2D eigenvalue weighted by Gasteiger charge is 2.32. The van der Waals surface area contributed by atoms with Gasteiger partial charge in [-0.3, -0.25) is 19.7 Å². The van der Waals surface area contributed by atoms with Gasteiger partial charge in [0.05, 0.1) is 5.69 Å². The molecule has 1 aromatic heterocycles. The van der Waals surface area contributed by atoms with E-state index in [0.717, 1.165) is 35.1 Å². The Bertz CT molecular complexity index is 2160. The number of allylic oxidation sites excluding steroid dienone is 1. The lowest BCUT2D eigenvalue weighted by Crippen LogP contribution is -2.42. The van der Waals surface area contributed by atoms with Gasteiger partial charge in [0.15, 0.2) is 5.13 Å². The molecule has 4 aromatic carbocycles. The molecule has 2 aliphatic rings. The Labute approximate surface area is 302 Å². The minimum atomic E-state index is -0.826. The number of carbonyl (C=O) groups excluding carboxylic acids is 3. The van der Waals surface area contributed by atoms with Crippen molar-refractivity contribution in [3.8, 4) is 22.4 Å². The van der Waals surface area contributed by atoms with E-state index in [1.54, 1.807) is 18.2 Å². The van der Waals surface area contributed by atoms with Crippen LogP contribution >= 0.6 is 11.3 Å². The van der Waals surface area contributed by atoms with Gasteiger partial charge in [0, 0.05) is 35.2 Å². The predicted octanol–water partition coefficient (Wildman–Crippen LogP) is 8.99. The molecule has 51 heavy (non-hydrogen) atoms. The number of thiazole rings is 1. The molecule has 0 saturated carbocycles. The van der Waals surface area contributed by atoms with Crippen LogP contribution in [0.25, 0.3) is 22.4 Å². The zero-order valence-electron chi connectivity index (χ0n) is 29.0. The second kappa shape index (κ2) is 14.3. The quantitative estimate of drug-likeness (QED) is 0.170. The maximum atomic E-state index is 13.9. The Morgan fingerprint density at radius 1 is 0.824 bits per heavy atom. The fourth-order valence-electron chi connectivity index (χ4n) is 6.62. The summed E-state index contributed by atoms with van der Waals surface area (Å²) in [7, 11) is 0. The summed E-state index contributed by atoms with van der Waals surface area (Å²) < 4.78 is 0. The lowest BCUT2D eigenvalue weighted by molar-refractivity contribution is -0.132. The summed E-state index contributed by atoms with van der Waals surface area (Å²) in [6.07, 6.45) is 6.23. The summed E-state index contributed by atoms with van der Waals surface area (Å²) in [5.74, 6) is -0.732. The van der Waals surface area contributed by atoms with Crippen LogP contribution in [-0.4, -0.2) is 40.7 Å². The summed E-state index contributed by atoms with van der Waals surface area (Å²) >= 11 is 1.32. The van der Waals surface area contributed by atoms with E-state index >= 15 is 0 Å². The van der Waals surface area contributed by atoms with Gasteiger partial charge in [-0.15, -0.1) is 11.3 Å². The average molecular weight is 693 g/mol. The number of rotatable bonds is 8. The first-order chi connectivity index (χ1) is 24.6. The number of carbonyl (C=O) groups is 3. The van der Waals surface area contributed by atoms with Gasteiger partial charge in [-0.2, -0.15) is 0 Å². The topological polar surface area (TPSA) is 91.4 Å². The third kappa shape index (κ3) is 7.47. The summed E-state index contributed by atoms with van der Waals surface area (Å²) in [5, 5.41) is 8.31. The number of hydrogen-bond donors (Lipinski definition) is 2. The SMILES string of the molecule is CC(C)(C)c1ccc(-c2ccccc2C(=O)Nc2nc(-c3cccc(C(=O)N[C@H](C(=O)N4CC5=C(CCC=C5)C4)c4ccccc4)c3)cs2)cc1. The maximum Gasteiger partial charge on any atom is 0.258 e. The Hall–Kier alpha value is -5.60. The van der Waals surface area contributed by atoms with E-state index < -0.39 is 6.04 Å².